The summed E-state index contributed by atoms with van der Waals surface area (Å²) in [6.45, 7) is 11.8. The first-order chi connectivity index (χ1) is 15.1. The fraction of sp³-hybridized carbons (Fsp3) is 0.538. The van der Waals surface area contributed by atoms with Crippen LogP contribution in [0.25, 0.3) is 11.2 Å². The van der Waals surface area contributed by atoms with Crippen molar-refractivity contribution in [1.29, 1.82) is 0 Å². The van der Waals surface area contributed by atoms with Crippen LogP contribution in [0.4, 0.5) is 5.82 Å². The highest BCUT2D eigenvalue weighted by Crippen LogP contribution is 2.44. The average molecular weight is 437 g/mol. The van der Waals surface area contributed by atoms with Crippen LogP contribution in [-0.2, 0) is 18.4 Å². The minimum Gasteiger partial charge on any atom is -0.380 e. The number of allylic oxidation sites excluding steroid dienone is 6. The lowest BCUT2D eigenvalue weighted by Gasteiger charge is -2.39. The lowest BCUT2D eigenvalue weighted by atomic mass is 9.64. The van der Waals surface area contributed by atoms with E-state index >= 15 is 0 Å². The third-order valence-electron chi connectivity index (χ3n) is 7.35. The zero-order valence-corrected chi connectivity index (χ0v) is 20.5. The van der Waals surface area contributed by atoms with Gasteiger partial charge in [0.1, 0.15) is 0 Å². The molecule has 2 aromatic rings. The minimum atomic E-state index is 0.125. The van der Waals surface area contributed by atoms with Crippen molar-refractivity contribution in [3.05, 3.63) is 47.6 Å². The van der Waals surface area contributed by atoms with Crippen LogP contribution in [0.2, 0.25) is 0 Å². The first kappa shape index (κ1) is 23.9. The largest absolute Gasteiger partial charge is 0.380 e. The fourth-order valence-electron chi connectivity index (χ4n) is 4.66. The highest BCUT2D eigenvalue weighted by atomic mass is 16.1. The van der Waals surface area contributed by atoms with Crippen molar-refractivity contribution < 1.29 is 9.36 Å². The lowest BCUT2D eigenvalue weighted by molar-refractivity contribution is -0.647. The van der Waals surface area contributed by atoms with Crippen molar-refractivity contribution in [3.8, 4) is 0 Å². The Hall–Kier alpha value is -2.76. The van der Waals surface area contributed by atoms with Crippen LogP contribution < -0.4 is 10.3 Å². The predicted octanol–water partition coefficient (Wildman–Crippen LogP) is 4.85. The molecule has 0 saturated heterocycles. The summed E-state index contributed by atoms with van der Waals surface area (Å²) in [5.41, 5.74) is 12.0. The Labute approximate surface area is 191 Å². The van der Waals surface area contributed by atoms with Crippen molar-refractivity contribution in [3.63, 3.8) is 0 Å². The fourth-order valence-corrected chi connectivity index (χ4v) is 4.66. The summed E-state index contributed by atoms with van der Waals surface area (Å²) >= 11 is 0. The number of nitrogens with two attached hydrogens (primary N) is 1. The normalized spacial score (nSPS) is 22.5. The van der Waals surface area contributed by atoms with Gasteiger partial charge < -0.3 is 5.73 Å². The van der Waals surface area contributed by atoms with Crippen LogP contribution in [0.5, 0.6) is 0 Å². The first-order valence-corrected chi connectivity index (χ1v) is 11.6. The monoisotopic (exact) mass is 436 g/mol. The molecule has 0 amide bonds. The number of aryl methyl sites for hydroxylation is 1. The number of aromatic nitrogens is 4. The number of carbonyl (C=O) groups is 1. The van der Waals surface area contributed by atoms with Crippen molar-refractivity contribution in [1.82, 2.24) is 14.5 Å². The molecule has 0 radical (unpaired) electrons. The van der Waals surface area contributed by atoms with Crippen molar-refractivity contribution in [2.24, 2.45) is 18.4 Å². The summed E-state index contributed by atoms with van der Waals surface area (Å²) in [5.74, 6) is 1.19. The topological polar surface area (TPSA) is 77.7 Å². The predicted molar refractivity (Wildman–Crippen MR) is 130 cm³/mol. The van der Waals surface area contributed by atoms with E-state index in [0.29, 0.717) is 18.2 Å². The number of fused-ring (bicyclic) bond motifs is 1. The molecule has 1 aliphatic rings. The van der Waals surface area contributed by atoms with Gasteiger partial charge in [0, 0.05) is 6.42 Å². The highest BCUT2D eigenvalue weighted by Gasteiger charge is 2.36. The number of nitrogens with zero attached hydrogens (tertiary/aromatic N) is 4. The SMILES string of the molecule is CC1=CC(=O)C[C@H](C)[C@@]1(C)CC/C(C)=C/CC/C(C)=C/Cn1c[n+](C)c2ncnc(N)c21. The molecule has 3 rings (SSSR count). The molecule has 2 aromatic heterocycles. The summed E-state index contributed by atoms with van der Waals surface area (Å²) in [7, 11) is 1.97. The molecule has 6 nitrogen and oxygen atoms in total. The zero-order chi connectivity index (χ0) is 23.5. The molecule has 0 aliphatic heterocycles. The zero-order valence-electron chi connectivity index (χ0n) is 20.5. The Bertz CT molecular complexity index is 1090. The van der Waals surface area contributed by atoms with Gasteiger partial charge in [-0.1, -0.05) is 47.7 Å². The van der Waals surface area contributed by atoms with Gasteiger partial charge in [-0.25, -0.2) is 4.57 Å². The van der Waals surface area contributed by atoms with E-state index in [1.54, 1.807) is 0 Å². The molecule has 0 saturated carbocycles. The molecular formula is C26H38N5O+. The number of ketones is 1. The molecule has 0 spiro atoms. The highest BCUT2D eigenvalue weighted by molar-refractivity contribution is 5.91. The maximum absolute atomic E-state index is 11.8. The summed E-state index contributed by atoms with van der Waals surface area (Å²) < 4.78 is 4.07. The van der Waals surface area contributed by atoms with E-state index in [4.69, 9.17) is 5.73 Å². The van der Waals surface area contributed by atoms with Crippen LogP contribution in [0, 0.1) is 11.3 Å². The van der Waals surface area contributed by atoms with E-state index in [0.717, 1.165) is 43.4 Å². The molecule has 32 heavy (non-hydrogen) atoms. The Kier molecular flexibility index (Phi) is 7.32. The van der Waals surface area contributed by atoms with Gasteiger partial charge in [-0.15, -0.1) is 0 Å². The van der Waals surface area contributed by atoms with Gasteiger partial charge in [-0.2, -0.15) is 4.98 Å². The molecule has 2 N–H and O–H groups in total. The van der Waals surface area contributed by atoms with Crippen LogP contribution in [0.3, 0.4) is 0 Å². The number of hydrogen-bond donors (Lipinski definition) is 1. The second kappa shape index (κ2) is 9.80. The second-order valence-electron chi connectivity index (χ2n) is 9.77. The van der Waals surface area contributed by atoms with E-state index in [2.05, 4.69) is 61.3 Å². The summed E-state index contributed by atoms with van der Waals surface area (Å²) in [6.07, 6.45) is 14.9. The van der Waals surface area contributed by atoms with Crippen LogP contribution >= 0.6 is 0 Å². The lowest BCUT2D eigenvalue weighted by Crippen LogP contribution is -2.32. The Morgan fingerprint density at radius 2 is 2.00 bits per heavy atom. The molecule has 0 aromatic carbocycles. The molecule has 172 valence electrons. The molecule has 2 heterocycles. The van der Waals surface area contributed by atoms with Crippen LogP contribution in [0.15, 0.2) is 47.6 Å². The van der Waals surface area contributed by atoms with Gasteiger partial charge in [0.2, 0.25) is 5.52 Å². The number of carbonyl (C=O) groups excluding carboxylic acids is 1. The first-order valence-electron chi connectivity index (χ1n) is 11.6. The number of anilines is 1. The summed E-state index contributed by atoms with van der Waals surface area (Å²) in [4.78, 5) is 20.3. The quantitative estimate of drug-likeness (QED) is 0.474. The Morgan fingerprint density at radius 3 is 2.72 bits per heavy atom. The van der Waals surface area contributed by atoms with E-state index in [1.165, 1.54) is 23.0 Å². The molecule has 0 fully saturated rings. The average Bonchev–Trinajstić information content (AvgIpc) is 3.06. The third kappa shape index (κ3) is 5.17. The van der Waals surface area contributed by atoms with Crippen LogP contribution in [-0.4, -0.2) is 20.3 Å². The molecule has 0 unspecified atom stereocenters. The minimum absolute atomic E-state index is 0.125. The number of hydrogen-bond acceptors (Lipinski definition) is 4. The maximum Gasteiger partial charge on any atom is 0.307 e. The van der Waals surface area contributed by atoms with Crippen molar-refractivity contribution in [2.45, 2.75) is 73.3 Å². The smallest absolute Gasteiger partial charge is 0.307 e. The maximum atomic E-state index is 11.8. The van der Waals surface area contributed by atoms with Gasteiger partial charge in [0.15, 0.2) is 24.3 Å². The van der Waals surface area contributed by atoms with Crippen molar-refractivity contribution in [2.75, 3.05) is 5.73 Å². The van der Waals surface area contributed by atoms with Gasteiger partial charge in [-0.05, 0) is 63.9 Å². The second-order valence-corrected chi connectivity index (χ2v) is 9.77. The Balaban J connectivity index is 1.54. The van der Waals surface area contributed by atoms with Gasteiger partial charge in [0.05, 0.1) is 13.6 Å². The van der Waals surface area contributed by atoms with E-state index in [9.17, 15) is 4.79 Å². The molecule has 2 atom stereocenters. The van der Waals surface area contributed by atoms with Crippen LogP contribution in [0.1, 0.15) is 66.7 Å². The number of rotatable bonds is 8. The molecular weight excluding hydrogens is 398 g/mol. The summed E-state index contributed by atoms with van der Waals surface area (Å²) in [5, 5.41) is 0. The molecule has 0 bridgehead atoms. The molecule has 6 heteroatoms. The van der Waals surface area contributed by atoms with Gasteiger partial charge >= 0.3 is 5.65 Å². The third-order valence-corrected chi connectivity index (χ3v) is 7.35. The van der Waals surface area contributed by atoms with E-state index < -0.39 is 0 Å². The van der Waals surface area contributed by atoms with E-state index in [-0.39, 0.29) is 11.2 Å². The van der Waals surface area contributed by atoms with Gasteiger partial charge in [-0.3, -0.25) is 9.36 Å². The number of imidazole rings is 1. The van der Waals surface area contributed by atoms with E-state index in [1.807, 2.05) is 24.0 Å². The van der Waals surface area contributed by atoms with Gasteiger partial charge in [0.25, 0.3) is 0 Å². The number of nitrogen functional groups attached to an aromatic ring is 1. The van der Waals surface area contributed by atoms with Crippen molar-refractivity contribution >= 4 is 22.8 Å². The standard InChI is InChI=1S/C26H38N5O/c1-18(10-12-26(5)20(3)14-22(32)15-21(26)4)8-7-9-19(2)11-13-31-17-30(6)25-23(31)24(27)28-16-29-25/h8,11,14,16-17,21H,7,9-10,12-13,15H2,1-6H3,(H2,27,28,29)/q+1/b18-8+,19-11+/t21-,26-/m0/s1. The Morgan fingerprint density at radius 1 is 1.28 bits per heavy atom. The molecule has 1 aliphatic carbocycles. The summed E-state index contributed by atoms with van der Waals surface area (Å²) in [6, 6.07) is 0.